The molecule has 0 spiro atoms. The van der Waals surface area contributed by atoms with E-state index in [1.54, 1.807) is 48.7 Å². The molecule has 1 aliphatic heterocycles. The Balaban J connectivity index is 1.53. The van der Waals surface area contributed by atoms with Crippen molar-refractivity contribution in [1.82, 2.24) is 4.98 Å². The molecule has 1 aliphatic rings. The molecule has 0 saturated carbocycles. The molecule has 3 aromatic rings. The van der Waals surface area contributed by atoms with Crippen molar-refractivity contribution < 1.29 is 17.9 Å². The van der Waals surface area contributed by atoms with Gasteiger partial charge in [0.1, 0.15) is 6.73 Å². The Morgan fingerprint density at radius 1 is 1.13 bits per heavy atom. The lowest BCUT2D eigenvalue weighted by atomic mass is 10.1. The molecule has 31 heavy (non-hydrogen) atoms. The van der Waals surface area contributed by atoms with Gasteiger partial charge < -0.3 is 10.1 Å². The molecule has 1 N–H and O–H groups in total. The van der Waals surface area contributed by atoms with Gasteiger partial charge in [0.15, 0.2) is 0 Å². The Hall–Kier alpha value is -2.94. The topological polar surface area (TPSA) is 88.6 Å². The highest BCUT2D eigenvalue weighted by atomic mass is 35.5. The lowest BCUT2D eigenvalue weighted by molar-refractivity contribution is 0.102. The highest BCUT2D eigenvalue weighted by Gasteiger charge is 2.26. The second-order valence-electron chi connectivity index (χ2n) is 7.12. The van der Waals surface area contributed by atoms with Crippen molar-refractivity contribution >= 4 is 38.9 Å². The molecule has 7 nitrogen and oxygen atoms in total. The smallest absolute Gasteiger partial charge is 0.255 e. The number of nitrogens with one attached hydrogen (secondary N) is 1. The van der Waals surface area contributed by atoms with Crippen molar-refractivity contribution in [2.24, 2.45) is 0 Å². The SMILES string of the molecule is Cc1ccnc(-c2cc(NC(=O)c3ccc(N4COCCS4(=O)=O)cc3)ccc2Cl)c1. The number of hydrogen-bond acceptors (Lipinski definition) is 5. The first-order valence-electron chi connectivity index (χ1n) is 9.56. The van der Waals surface area contributed by atoms with Gasteiger partial charge in [-0.3, -0.25) is 9.78 Å². The summed E-state index contributed by atoms with van der Waals surface area (Å²) in [5.41, 5.74) is 3.91. The summed E-state index contributed by atoms with van der Waals surface area (Å²) in [5, 5.41) is 3.38. The van der Waals surface area contributed by atoms with Crippen molar-refractivity contribution in [3.8, 4) is 11.3 Å². The number of halogens is 1. The van der Waals surface area contributed by atoms with Gasteiger partial charge >= 0.3 is 0 Å². The monoisotopic (exact) mass is 457 g/mol. The van der Waals surface area contributed by atoms with Gasteiger partial charge in [0.2, 0.25) is 10.0 Å². The van der Waals surface area contributed by atoms with Crippen molar-refractivity contribution in [3.63, 3.8) is 0 Å². The van der Waals surface area contributed by atoms with Gasteiger partial charge in [0, 0.05) is 23.0 Å². The maximum Gasteiger partial charge on any atom is 0.255 e. The van der Waals surface area contributed by atoms with E-state index < -0.39 is 10.0 Å². The molecule has 0 radical (unpaired) electrons. The second kappa shape index (κ2) is 8.66. The van der Waals surface area contributed by atoms with Crippen LogP contribution in [0.1, 0.15) is 15.9 Å². The Morgan fingerprint density at radius 2 is 1.90 bits per heavy atom. The van der Waals surface area contributed by atoms with Gasteiger partial charge in [-0.2, -0.15) is 0 Å². The van der Waals surface area contributed by atoms with Crippen LogP contribution in [0.4, 0.5) is 11.4 Å². The van der Waals surface area contributed by atoms with E-state index in [0.29, 0.717) is 27.5 Å². The Morgan fingerprint density at radius 3 is 2.61 bits per heavy atom. The summed E-state index contributed by atoms with van der Waals surface area (Å²) >= 11 is 6.33. The lowest BCUT2D eigenvalue weighted by Gasteiger charge is -2.28. The van der Waals surface area contributed by atoms with Gasteiger partial charge in [0.25, 0.3) is 5.91 Å². The fourth-order valence-electron chi connectivity index (χ4n) is 3.20. The third-order valence-electron chi connectivity index (χ3n) is 4.86. The van der Waals surface area contributed by atoms with Gasteiger partial charge in [0.05, 0.1) is 28.8 Å². The average molecular weight is 458 g/mol. The maximum atomic E-state index is 12.7. The largest absolute Gasteiger partial charge is 0.359 e. The lowest BCUT2D eigenvalue weighted by Crippen LogP contribution is -2.41. The van der Waals surface area contributed by atoms with E-state index in [1.165, 1.54) is 4.31 Å². The number of anilines is 2. The number of rotatable bonds is 4. The molecule has 4 rings (SSSR count). The first kappa shape index (κ1) is 21.3. The zero-order chi connectivity index (χ0) is 22.0. The highest BCUT2D eigenvalue weighted by Crippen LogP contribution is 2.30. The number of nitrogens with zero attached hydrogens (tertiary/aromatic N) is 2. The summed E-state index contributed by atoms with van der Waals surface area (Å²) in [5.74, 6) is -0.390. The number of aryl methyl sites for hydroxylation is 1. The van der Waals surface area contributed by atoms with E-state index in [2.05, 4.69) is 10.3 Å². The molecule has 0 bridgehead atoms. The molecule has 1 aromatic heterocycles. The summed E-state index contributed by atoms with van der Waals surface area (Å²) in [7, 11) is -3.41. The van der Waals surface area contributed by atoms with E-state index in [4.69, 9.17) is 16.3 Å². The normalized spacial score (nSPS) is 15.5. The Kier molecular flexibility index (Phi) is 5.95. The number of aromatic nitrogens is 1. The number of amides is 1. The van der Waals surface area contributed by atoms with Crippen LogP contribution in [0, 0.1) is 6.92 Å². The zero-order valence-electron chi connectivity index (χ0n) is 16.7. The minimum atomic E-state index is -3.41. The molecule has 1 fully saturated rings. The van der Waals surface area contributed by atoms with E-state index in [0.717, 1.165) is 11.3 Å². The third kappa shape index (κ3) is 4.71. The van der Waals surface area contributed by atoms with E-state index in [1.807, 2.05) is 19.1 Å². The number of carbonyl (C=O) groups is 1. The van der Waals surface area contributed by atoms with Crippen LogP contribution >= 0.6 is 11.6 Å². The predicted molar refractivity (Wildman–Crippen MR) is 121 cm³/mol. The van der Waals surface area contributed by atoms with Crippen molar-refractivity contribution in [1.29, 1.82) is 0 Å². The number of benzene rings is 2. The Labute approximate surface area is 185 Å². The number of ether oxygens (including phenoxy) is 1. The van der Waals surface area contributed by atoms with Crippen LogP contribution in [-0.4, -0.2) is 38.4 Å². The molecule has 0 aliphatic carbocycles. The summed E-state index contributed by atoms with van der Waals surface area (Å²) < 4.78 is 30.8. The van der Waals surface area contributed by atoms with Gasteiger partial charge in [-0.25, -0.2) is 12.7 Å². The van der Waals surface area contributed by atoms with Crippen LogP contribution in [0.2, 0.25) is 5.02 Å². The van der Waals surface area contributed by atoms with Gasteiger partial charge in [-0.1, -0.05) is 11.6 Å². The molecule has 2 aromatic carbocycles. The fraction of sp³-hybridized carbons (Fsp3) is 0.182. The van der Waals surface area contributed by atoms with Gasteiger partial charge in [-0.15, -0.1) is 0 Å². The Bertz CT molecular complexity index is 1230. The first-order chi connectivity index (χ1) is 14.8. The molecule has 9 heteroatoms. The number of carbonyl (C=O) groups excluding carboxylic acids is 1. The van der Waals surface area contributed by atoms with Crippen molar-refractivity contribution in [3.05, 3.63) is 76.9 Å². The van der Waals surface area contributed by atoms with E-state index in [-0.39, 0.29) is 25.0 Å². The van der Waals surface area contributed by atoms with E-state index in [9.17, 15) is 13.2 Å². The molecular weight excluding hydrogens is 438 g/mol. The summed E-state index contributed by atoms with van der Waals surface area (Å²) in [6.45, 7) is 2.12. The van der Waals surface area contributed by atoms with Crippen LogP contribution in [0.25, 0.3) is 11.3 Å². The molecule has 1 amide bonds. The van der Waals surface area contributed by atoms with Crippen LogP contribution in [-0.2, 0) is 14.8 Å². The second-order valence-corrected chi connectivity index (χ2v) is 9.54. The molecular formula is C22H20ClN3O4S. The molecule has 2 heterocycles. The summed E-state index contributed by atoms with van der Waals surface area (Å²) in [6.07, 6.45) is 1.71. The van der Waals surface area contributed by atoms with Crippen LogP contribution in [0.5, 0.6) is 0 Å². The fourth-order valence-corrected chi connectivity index (χ4v) is 4.64. The van der Waals surface area contributed by atoms with Crippen LogP contribution < -0.4 is 9.62 Å². The van der Waals surface area contributed by atoms with Crippen molar-refractivity contribution in [2.45, 2.75) is 6.92 Å². The number of hydrogen-bond donors (Lipinski definition) is 1. The minimum absolute atomic E-state index is 0.0333. The standard InChI is InChI=1S/C22H20ClN3O4S/c1-15-8-9-24-21(12-15)19-13-17(4-7-20(19)23)25-22(27)16-2-5-18(6-3-16)26-14-30-10-11-31(26,28)29/h2-9,12-13H,10-11,14H2,1H3,(H,25,27). The average Bonchev–Trinajstić information content (AvgIpc) is 2.75. The third-order valence-corrected chi connectivity index (χ3v) is 6.86. The predicted octanol–water partition coefficient (Wildman–Crippen LogP) is 4.09. The summed E-state index contributed by atoms with van der Waals surface area (Å²) in [6, 6.07) is 15.3. The van der Waals surface area contributed by atoms with Crippen LogP contribution in [0.3, 0.4) is 0 Å². The minimum Gasteiger partial charge on any atom is -0.359 e. The highest BCUT2D eigenvalue weighted by molar-refractivity contribution is 7.92. The molecule has 0 unspecified atom stereocenters. The zero-order valence-corrected chi connectivity index (χ0v) is 18.3. The van der Waals surface area contributed by atoms with E-state index >= 15 is 0 Å². The maximum absolute atomic E-state index is 12.7. The number of sulfonamides is 1. The summed E-state index contributed by atoms with van der Waals surface area (Å²) in [4.78, 5) is 17.1. The first-order valence-corrected chi connectivity index (χ1v) is 11.5. The molecule has 1 saturated heterocycles. The van der Waals surface area contributed by atoms with Gasteiger partial charge in [-0.05, 0) is 67.1 Å². The van der Waals surface area contributed by atoms with Crippen molar-refractivity contribution in [2.75, 3.05) is 28.7 Å². The molecule has 0 atom stereocenters. The van der Waals surface area contributed by atoms with Crippen LogP contribution in [0.15, 0.2) is 60.8 Å². The molecule has 160 valence electrons. The number of pyridine rings is 1. The quantitative estimate of drug-likeness (QED) is 0.637.